The van der Waals surface area contributed by atoms with Crippen LogP contribution < -0.4 is 9.47 Å². The van der Waals surface area contributed by atoms with E-state index in [0.717, 1.165) is 34.7 Å². The third-order valence-electron chi connectivity index (χ3n) is 4.22. The Morgan fingerprint density at radius 2 is 1.96 bits per heavy atom. The first kappa shape index (κ1) is 17.6. The summed E-state index contributed by atoms with van der Waals surface area (Å²) in [6.45, 7) is 4.90. The molecule has 0 N–H and O–H groups in total. The van der Waals surface area contributed by atoms with Crippen molar-refractivity contribution in [1.29, 1.82) is 0 Å². The van der Waals surface area contributed by atoms with Crippen molar-refractivity contribution in [3.8, 4) is 11.5 Å². The quantitative estimate of drug-likeness (QED) is 0.460. The number of benzene rings is 1. The fraction of sp³-hybridized carbons (Fsp3) is 0.250. The summed E-state index contributed by atoms with van der Waals surface area (Å²) < 4.78 is 14.0. The Morgan fingerprint density at radius 1 is 1.15 bits per heavy atom. The number of aromatic nitrogens is 4. The highest BCUT2D eigenvalue weighted by Gasteiger charge is 2.28. The van der Waals surface area contributed by atoms with Gasteiger partial charge in [-0.2, -0.15) is 0 Å². The van der Waals surface area contributed by atoms with Gasteiger partial charge in [0, 0.05) is 24.7 Å². The van der Waals surface area contributed by atoms with Crippen molar-refractivity contribution in [1.82, 2.24) is 19.7 Å². The molecule has 0 saturated heterocycles. The number of fused-ring (bicyclic) bond motifs is 1. The molecule has 0 bridgehead atoms. The predicted molar refractivity (Wildman–Crippen MR) is 104 cm³/mol. The first-order valence-corrected chi connectivity index (χ1v) is 9.78. The molecule has 1 aliphatic heterocycles. The molecule has 6 nitrogen and oxygen atoms in total. The maximum Gasteiger partial charge on any atom is 0.192 e. The van der Waals surface area contributed by atoms with E-state index < -0.39 is 0 Å². The molecule has 3 aromatic rings. The van der Waals surface area contributed by atoms with Gasteiger partial charge in [-0.3, -0.25) is 9.55 Å². The average Bonchev–Trinajstić information content (AvgIpc) is 3.11. The summed E-state index contributed by atoms with van der Waals surface area (Å²) in [5.41, 5.74) is 1.26. The Hall–Kier alpha value is -2.80. The van der Waals surface area contributed by atoms with E-state index in [1.165, 1.54) is 5.56 Å². The number of rotatable bonds is 7. The topological polar surface area (TPSA) is 62.1 Å². The SMILES string of the molecule is C=CCn1c(SCCc2ccncc2)nnc1C1COc2ccccc2O1. The summed E-state index contributed by atoms with van der Waals surface area (Å²) in [5, 5.41) is 9.63. The predicted octanol–water partition coefficient (Wildman–Crippen LogP) is 3.71. The molecule has 27 heavy (non-hydrogen) atoms. The van der Waals surface area contributed by atoms with Crippen molar-refractivity contribution in [2.75, 3.05) is 12.4 Å². The van der Waals surface area contributed by atoms with Crippen LogP contribution in [0.4, 0.5) is 0 Å². The number of aryl methyl sites for hydroxylation is 1. The van der Waals surface area contributed by atoms with Crippen LogP contribution in [-0.2, 0) is 13.0 Å². The number of para-hydroxylation sites is 2. The lowest BCUT2D eigenvalue weighted by molar-refractivity contribution is 0.0821. The second-order valence-electron chi connectivity index (χ2n) is 6.06. The van der Waals surface area contributed by atoms with Gasteiger partial charge in [0.1, 0.15) is 6.61 Å². The zero-order chi connectivity index (χ0) is 18.5. The van der Waals surface area contributed by atoms with Crippen molar-refractivity contribution in [2.45, 2.75) is 24.2 Å². The summed E-state index contributed by atoms with van der Waals surface area (Å²) in [7, 11) is 0. The highest BCUT2D eigenvalue weighted by atomic mass is 32.2. The van der Waals surface area contributed by atoms with Crippen molar-refractivity contribution in [3.63, 3.8) is 0 Å². The fourth-order valence-electron chi connectivity index (χ4n) is 2.90. The van der Waals surface area contributed by atoms with Gasteiger partial charge in [-0.05, 0) is 36.2 Å². The summed E-state index contributed by atoms with van der Waals surface area (Å²) in [6.07, 6.45) is 6.13. The Balaban J connectivity index is 1.48. The molecule has 138 valence electrons. The lowest BCUT2D eigenvalue weighted by Crippen LogP contribution is -2.25. The van der Waals surface area contributed by atoms with Gasteiger partial charge in [-0.25, -0.2) is 0 Å². The average molecular weight is 380 g/mol. The molecule has 0 saturated carbocycles. The van der Waals surface area contributed by atoms with Gasteiger partial charge in [0.25, 0.3) is 0 Å². The minimum atomic E-state index is -0.290. The molecule has 0 amide bonds. The number of thioether (sulfide) groups is 1. The largest absolute Gasteiger partial charge is 0.485 e. The van der Waals surface area contributed by atoms with Crippen LogP contribution in [0.5, 0.6) is 11.5 Å². The van der Waals surface area contributed by atoms with Gasteiger partial charge in [0.15, 0.2) is 28.6 Å². The second-order valence-corrected chi connectivity index (χ2v) is 7.12. The van der Waals surface area contributed by atoms with Crippen LogP contribution in [0.2, 0.25) is 0 Å². The normalized spacial score (nSPS) is 15.5. The lowest BCUT2D eigenvalue weighted by Gasteiger charge is -2.26. The van der Waals surface area contributed by atoms with Gasteiger partial charge < -0.3 is 9.47 Å². The minimum Gasteiger partial charge on any atom is -0.485 e. The Kier molecular flexibility index (Phi) is 5.39. The molecule has 0 radical (unpaired) electrons. The zero-order valence-corrected chi connectivity index (χ0v) is 15.6. The maximum absolute atomic E-state index is 6.09. The molecule has 3 heterocycles. The van der Waals surface area contributed by atoms with E-state index in [2.05, 4.69) is 21.8 Å². The van der Waals surface area contributed by atoms with Crippen LogP contribution in [0.15, 0.2) is 66.6 Å². The summed E-state index contributed by atoms with van der Waals surface area (Å²) >= 11 is 1.68. The number of nitrogens with zero attached hydrogens (tertiary/aromatic N) is 4. The number of hydrogen-bond donors (Lipinski definition) is 0. The van der Waals surface area contributed by atoms with Crippen LogP contribution in [0.1, 0.15) is 17.5 Å². The van der Waals surface area contributed by atoms with Crippen LogP contribution in [0, 0.1) is 0 Å². The van der Waals surface area contributed by atoms with Crippen molar-refractivity contribution >= 4 is 11.8 Å². The van der Waals surface area contributed by atoms with Crippen LogP contribution in [0.3, 0.4) is 0 Å². The molecule has 1 aromatic carbocycles. The Labute approximate surface area is 162 Å². The van der Waals surface area contributed by atoms with Crippen LogP contribution in [-0.4, -0.2) is 32.1 Å². The Morgan fingerprint density at radius 3 is 2.78 bits per heavy atom. The monoisotopic (exact) mass is 380 g/mol. The molecular formula is C20H20N4O2S. The van der Waals surface area contributed by atoms with E-state index in [-0.39, 0.29) is 6.10 Å². The van der Waals surface area contributed by atoms with Crippen molar-refractivity contribution in [2.24, 2.45) is 0 Å². The van der Waals surface area contributed by atoms with Crippen LogP contribution >= 0.6 is 11.8 Å². The first-order valence-electron chi connectivity index (χ1n) is 8.79. The van der Waals surface area contributed by atoms with E-state index in [1.54, 1.807) is 11.8 Å². The molecular weight excluding hydrogens is 360 g/mol. The molecule has 0 aliphatic carbocycles. The smallest absolute Gasteiger partial charge is 0.192 e. The molecule has 2 aromatic heterocycles. The second kappa shape index (κ2) is 8.26. The Bertz CT molecular complexity index is 913. The van der Waals surface area contributed by atoms with E-state index >= 15 is 0 Å². The number of hydrogen-bond acceptors (Lipinski definition) is 6. The zero-order valence-electron chi connectivity index (χ0n) is 14.8. The van der Waals surface area contributed by atoms with Crippen molar-refractivity contribution in [3.05, 3.63) is 72.8 Å². The molecule has 1 aliphatic rings. The highest BCUT2D eigenvalue weighted by Crippen LogP contribution is 2.36. The van der Waals surface area contributed by atoms with Crippen LogP contribution in [0.25, 0.3) is 0 Å². The summed E-state index contributed by atoms with van der Waals surface area (Å²) in [4.78, 5) is 4.05. The minimum absolute atomic E-state index is 0.290. The maximum atomic E-state index is 6.09. The molecule has 1 unspecified atom stereocenters. The van der Waals surface area contributed by atoms with Gasteiger partial charge in [0.2, 0.25) is 0 Å². The molecule has 0 spiro atoms. The van der Waals surface area contributed by atoms with Gasteiger partial charge >= 0.3 is 0 Å². The third-order valence-corrected chi connectivity index (χ3v) is 5.19. The van der Waals surface area contributed by atoms with Gasteiger partial charge in [0.05, 0.1) is 0 Å². The third kappa shape index (κ3) is 3.98. The van der Waals surface area contributed by atoms with E-state index in [0.29, 0.717) is 13.2 Å². The summed E-state index contributed by atoms with van der Waals surface area (Å²) in [6, 6.07) is 11.7. The molecule has 1 atom stereocenters. The van der Waals surface area contributed by atoms with E-state index in [1.807, 2.05) is 59.4 Å². The van der Waals surface area contributed by atoms with Crippen molar-refractivity contribution < 1.29 is 9.47 Å². The van der Waals surface area contributed by atoms with E-state index in [4.69, 9.17) is 9.47 Å². The number of ether oxygens (including phenoxy) is 2. The van der Waals surface area contributed by atoms with Gasteiger partial charge in [-0.15, -0.1) is 16.8 Å². The standard InChI is InChI=1S/C20H20N4O2S/c1-2-12-24-19(18-14-25-16-5-3-4-6-17(16)26-18)22-23-20(24)27-13-9-15-7-10-21-11-8-15/h2-8,10-11,18H,1,9,12-14H2. The molecule has 7 heteroatoms. The molecule has 4 rings (SSSR count). The summed E-state index contributed by atoms with van der Waals surface area (Å²) in [5.74, 6) is 3.16. The number of pyridine rings is 1. The number of allylic oxidation sites excluding steroid dienone is 1. The lowest BCUT2D eigenvalue weighted by atomic mass is 10.2. The van der Waals surface area contributed by atoms with Gasteiger partial charge in [-0.1, -0.05) is 30.0 Å². The fourth-order valence-corrected chi connectivity index (χ4v) is 3.84. The highest BCUT2D eigenvalue weighted by molar-refractivity contribution is 7.99. The van der Waals surface area contributed by atoms with E-state index in [9.17, 15) is 0 Å². The molecule has 0 fully saturated rings. The first-order chi connectivity index (χ1) is 13.3.